The lowest BCUT2D eigenvalue weighted by Gasteiger charge is -2.30. The Morgan fingerprint density at radius 1 is 1.21 bits per heavy atom. The zero-order valence-electron chi connectivity index (χ0n) is 11.1. The molecule has 1 aliphatic rings. The minimum atomic E-state index is -0.122. The van der Waals surface area contributed by atoms with Crippen LogP contribution in [-0.2, 0) is 11.2 Å². The van der Waals surface area contributed by atoms with E-state index in [0.717, 1.165) is 24.8 Å². The monoisotopic (exact) mass is 263 g/mol. The lowest BCUT2D eigenvalue weighted by atomic mass is 9.82. The van der Waals surface area contributed by atoms with E-state index in [2.05, 4.69) is 6.07 Å². The Morgan fingerprint density at radius 2 is 1.89 bits per heavy atom. The molecule has 0 heterocycles. The zero-order valence-corrected chi connectivity index (χ0v) is 11.1. The zero-order chi connectivity index (χ0) is 13.7. The Morgan fingerprint density at radius 3 is 2.58 bits per heavy atom. The van der Waals surface area contributed by atoms with Crippen molar-refractivity contribution < 1.29 is 15.0 Å². The average molecular weight is 263 g/mol. The summed E-state index contributed by atoms with van der Waals surface area (Å²) in [6, 6.07) is 8.07. The fraction of sp³-hybridized carbons (Fsp3) is 0.533. The molecule has 0 saturated heterocycles. The van der Waals surface area contributed by atoms with E-state index >= 15 is 0 Å². The van der Waals surface area contributed by atoms with Gasteiger partial charge in [0.2, 0.25) is 5.91 Å². The molecule has 0 spiro atoms. The number of hydrogen-bond donors (Lipinski definition) is 2. The van der Waals surface area contributed by atoms with Crippen LogP contribution in [0.3, 0.4) is 0 Å². The highest BCUT2D eigenvalue weighted by Gasteiger charge is 2.29. The van der Waals surface area contributed by atoms with E-state index < -0.39 is 0 Å². The first kappa shape index (κ1) is 14.0. The van der Waals surface area contributed by atoms with Gasteiger partial charge in [0.15, 0.2) is 0 Å². The summed E-state index contributed by atoms with van der Waals surface area (Å²) in [5.41, 5.74) is 2.36. The summed E-state index contributed by atoms with van der Waals surface area (Å²) >= 11 is 0. The van der Waals surface area contributed by atoms with Crippen molar-refractivity contribution in [1.82, 2.24) is 4.90 Å². The molecule has 2 N–H and O–H groups in total. The molecule has 19 heavy (non-hydrogen) atoms. The van der Waals surface area contributed by atoms with E-state index in [0.29, 0.717) is 0 Å². The van der Waals surface area contributed by atoms with Crippen LogP contribution >= 0.6 is 0 Å². The number of benzene rings is 1. The van der Waals surface area contributed by atoms with Crippen LogP contribution in [-0.4, -0.2) is 47.3 Å². The molecule has 1 aromatic rings. The first-order valence-corrected chi connectivity index (χ1v) is 6.86. The molecule has 4 heteroatoms. The van der Waals surface area contributed by atoms with Crippen LogP contribution in [0, 0.1) is 0 Å². The van der Waals surface area contributed by atoms with Crippen LogP contribution in [0.4, 0.5) is 0 Å². The SMILES string of the molecule is O=C(C1CCCc2ccccc21)N(CCO)CCO. The average Bonchev–Trinajstić information content (AvgIpc) is 2.46. The van der Waals surface area contributed by atoms with Gasteiger partial charge in [0, 0.05) is 13.1 Å². The van der Waals surface area contributed by atoms with Gasteiger partial charge in [-0.3, -0.25) is 4.79 Å². The number of aliphatic hydroxyl groups excluding tert-OH is 2. The van der Waals surface area contributed by atoms with Gasteiger partial charge < -0.3 is 15.1 Å². The fourth-order valence-electron chi connectivity index (χ4n) is 2.80. The van der Waals surface area contributed by atoms with Crippen LogP contribution in [0.1, 0.15) is 29.9 Å². The summed E-state index contributed by atoms with van der Waals surface area (Å²) in [5, 5.41) is 18.1. The van der Waals surface area contributed by atoms with Crippen molar-refractivity contribution in [3.05, 3.63) is 35.4 Å². The third-order valence-corrected chi connectivity index (χ3v) is 3.72. The molecule has 1 unspecified atom stereocenters. The molecular weight excluding hydrogens is 242 g/mol. The van der Waals surface area contributed by atoms with Crippen molar-refractivity contribution >= 4 is 5.91 Å². The molecule has 104 valence electrons. The van der Waals surface area contributed by atoms with Crippen molar-refractivity contribution in [3.63, 3.8) is 0 Å². The second kappa shape index (κ2) is 6.68. The first-order valence-electron chi connectivity index (χ1n) is 6.86. The fourth-order valence-corrected chi connectivity index (χ4v) is 2.80. The Labute approximate surface area is 113 Å². The number of rotatable bonds is 5. The molecule has 0 fully saturated rings. The summed E-state index contributed by atoms with van der Waals surface area (Å²) in [6.07, 6.45) is 2.89. The molecule has 1 atom stereocenters. The lowest BCUT2D eigenvalue weighted by molar-refractivity contribution is -0.134. The molecule has 0 radical (unpaired) electrons. The minimum Gasteiger partial charge on any atom is -0.395 e. The summed E-state index contributed by atoms with van der Waals surface area (Å²) in [7, 11) is 0. The summed E-state index contributed by atoms with van der Waals surface area (Å²) < 4.78 is 0. The molecule has 0 aliphatic heterocycles. The highest BCUT2D eigenvalue weighted by atomic mass is 16.3. The molecule has 1 aromatic carbocycles. The predicted octanol–water partition coefficient (Wildman–Crippen LogP) is 0.920. The van der Waals surface area contributed by atoms with Gasteiger partial charge in [0.25, 0.3) is 0 Å². The Bertz CT molecular complexity index is 427. The number of amides is 1. The number of carbonyl (C=O) groups is 1. The van der Waals surface area contributed by atoms with E-state index in [-0.39, 0.29) is 38.1 Å². The van der Waals surface area contributed by atoms with Crippen LogP contribution in [0.25, 0.3) is 0 Å². The van der Waals surface area contributed by atoms with Crippen LogP contribution in [0.2, 0.25) is 0 Å². The van der Waals surface area contributed by atoms with Gasteiger partial charge in [-0.05, 0) is 30.4 Å². The number of fused-ring (bicyclic) bond motifs is 1. The lowest BCUT2D eigenvalue weighted by Crippen LogP contribution is -2.40. The number of aryl methyl sites for hydroxylation is 1. The smallest absolute Gasteiger partial charge is 0.230 e. The van der Waals surface area contributed by atoms with E-state index in [1.807, 2.05) is 18.2 Å². The van der Waals surface area contributed by atoms with Gasteiger partial charge in [-0.15, -0.1) is 0 Å². The van der Waals surface area contributed by atoms with Gasteiger partial charge in [0.1, 0.15) is 0 Å². The number of hydrogen-bond acceptors (Lipinski definition) is 3. The topological polar surface area (TPSA) is 60.8 Å². The number of aliphatic hydroxyl groups is 2. The van der Waals surface area contributed by atoms with Gasteiger partial charge in [-0.25, -0.2) is 0 Å². The largest absolute Gasteiger partial charge is 0.395 e. The third-order valence-electron chi connectivity index (χ3n) is 3.72. The highest BCUT2D eigenvalue weighted by molar-refractivity contribution is 5.84. The molecule has 1 aliphatic carbocycles. The Kier molecular flexibility index (Phi) is 4.93. The van der Waals surface area contributed by atoms with Crippen molar-refractivity contribution in [1.29, 1.82) is 0 Å². The molecule has 0 saturated carbocycles. The molecular formula is C15H21NO3. The van der Waals surface area contributed by atoms with E-state index in [1.165, 1.54) is 5.56 Å². The summed E-state index contributed by atoms with van der Waals surface area (Å²) in [4.78, 5) is 14.1. The predicted molar refractivity (Wildman–Crippen MR) is 72.9 cm³/mol. The van der Waals surface area contributed by atoms with Gasteiger partial charge in [-0.2, -0.15) is 0 Å². The quantitative estimate of drug-likeness (QED) is 0.830. The van der Waals surface area contributed by atoms with Crippen LogP contribution in [0.5, 0.6) is 0 Å². The van der Waals surface area contributed by atoms with Crippen molar-refractivity contribution in [2.45, 2.75) is 25.2 Å². The molecule has 4 nitrogen and oxygen atoms in total. The molecule has 0 bridgehead atoms. The first-order chi connectivity index (χ1) is 9.27. The van der Waals surface area contributed by atoms with Crippen LogP contribution < -0.4 is 0 Å². The number of carbonyl (C=O) groups excluding carboxylic acids is 1. The maximum Gasteiger partial charge on any atom is 0.230 e. The van der Waals surface area contributed by atoms with E-state index in [1.54, 1.807) is 4.90 Å². The van der Waals surface area contributed by atoms with Gasteiger partial charge in [0.05, 0.1) is 19.1 Å². The molecule has 0 aromatic heterocycles. The van der Waals surface area contributed by atoms with Gasteiger partial charge >= 0.3 is 0 Å². The second-order valence-electron chi connectivity index (χ2n) is 4.92. The summed E-state index contributed by atoms with van der Waals surface area (Å²) in [6.45, 7) is 0.441. The second-order valence-corrected chi connectivity index (χ2v) is 4.92. The highest BCUT2D eigenvalue weighted by Crippen LogP contribution is 2.32. The number of nitrogens with zero attached hydrogens (tertiary/aromatic N) is 1. The standard InChI is InChI=1S/C15H21NO3/c17-10-8-16(9-11-18)15(19)14-7-3-5-12-4-1-2-6-13(12)14/h1-2,4,6,14,17-18H,3,5,7-11H2. The Hall–Kier alpha value is -1.39. The van der Waals surface area contributed by atoms with Crippen molar-refractivity contribution in [2.75, 3.05) is 26.3 Å². The minimum absolute atomic E-state index is 0.0234. The third kappa shape index (κ3) is 3.14. The maximum atomic E-state index is 12.5. The summed E-state index contributed by atoms with van der Waals surface area (Å²) in [5.74, 6) is -0.0988. The van der Waals surface area contributed by atoms with Crippen molar-refractivity contribution in [2.24, 2.45) is 0 Å². The van der Waals surface area contributed by atoms with E-state index in [9.17, 15) is 4.79 Å². The Balaban J connectivity index is 2.19. The normalized spacial score (nSPS) is 17.9. The van der Waals surface area contributed by atoms with Gasteiger partial charge in [-0.1, -0.05) is 24.3 Å². The van der Waals surface area contributed by atoms with E-state index in [4.69, 9.17) is 10.2 Å². The maximum absolute atomic E-state index is 12.5. The molecule has 2 rings (SSSR count). The van der Waals surface area contributed by atoms with Crippen LogP contribution in [0.15, 0.2) is 24.3 Å². The van der Waals surface area contributed by atoms with Crippen molar-refractivity contribution in [3.8, 4) is 0 Å². The molecule has 1 amide bonds.